The van der Waals surface area contributed by atoms with Crippen LogP contribution in [0.1, 0.15) is 12.5 Å². The summed E-state index contributed by atoms with van der Waals surface area (Å²) in [5.41, 5.74) is 3.57. The van der Waals surface area contributed by atoms with Crippen LogP contribution in [0.3, 0.4) is 0 Å². The van der Waals surface area contributed by atoms with Gasteiger partial charge in [0.1, 0.15) is 0 Å². The molecule has 2 rings (SSSR count). The van der Waals surface area contributed by atoms with Crippen molar-refractivity contribution in [3.63, 3.8) is 0 Å². The quantitative estimate of drug-likeness (QED) is 0.826. The summed E-state index contributed by atoms with van der Waals surface area (Å²) >= 11 is 0. The van der Waals surface area contributed by atoms with E-state index >= 15 is 0 Å². The van der Waals surface area contributed by atoms with Crippen LogP contribution in [0.15, 0.2) is 54.6 Å². The molecular weight excluding hydrogens is 288 g/mol. The second-order valence-electron chi connectivity index (χ2n) is 5.35. The number of carbonyl (C=O) groups excluding carboxylic acids is 1. The molecule has 0 aromatic heterocycles. The molecule has 0 saturated carbocycles. The van der Waals surface area contributed by atoms with Crippen molar-refractivity contribution >= 4 is 6.03 Å². The van der Waals surface area contributed by atoms with Gasteiger partial charge in [0.05, 0.1) is 6.61 Å². The van der Waals surface area contributed by atoms with Crippen molar-refractivity contribution < 1.29 is 9.90 Å². The van der Waals surface area contributed by atoms with Crippen molar-refractivity contribution in [3.8, 4) is 11.1 Å². The van der Waals surface area contributed by atoms with E-state index in [-0.39, 0.29) is 12.6 Å². The van der Waals surface area contributed by atoms with Crippen LogP contribution < -0.4 is 5.32 Å². The number of aliphatic hydroxyl groups is 1. The molecule has 2 N–H and O–H groups in total. The van der Waals surface area contributed by atoms with Crippen molar-refractivity contribution in [1.29, 1.82) is 0 Å². The maximum Gasteiger partial charge on any atom is 0.317 e. The minimum absolute atomic E-state index is 0.0135. The van der Waals surface area contributed by atoms with Crippen molar-refractivity contribution in [1.82, 2.24) is 10.2 Å². The third-order valence-electron chi connectivity index (χ3n) is 3.76. The molecule has 122 valence electrons. The summed E-state index contributed by atoms with van der Waals surface area (Å²) < 4.78 is 0. The number of rotatable bonds is 7. The molecule has 23 heavy (non-hydrogen) atoms. The monoisotopic (exact) mass is 312 g/mol. The van der Waals surface area contributed by atoms with Gasteiger partial charge in [-0.1, -0.05) is 54.6 Å². The zero-order valence-corrected chi connectivity index (χ0v) is 13.5. The van der Waals surface area contributed by atoms with Gasteiger partial charge >= 0.3 is 6.03 Å². The van der Waals surface area contributed by atoms with E-state index in [0.29, 0.717) is 19.6 Å². The van der Waals surface area contributed by atoms with Crippen molar-refractivity contribution in [3.05, 3.63) is 60.2 Å². The molecular formula is C19H24N2O2. The highest BCUT2D eigenvalue weighted by Crippen LogP contribution is 2.20. The largest absolute Gasteiger partial charge is 0.395 e. The number of nitrogens with zero attached hydrogens (tertiary/aromatic N) is 1. The Kier molecular flexibility index (Phi) is 6.63. The summed E-state index contributed by atoms with van der Waals surface area (Å²) in [6.07, 6.45) is 0.781. The fourth-order valence-electron chi connectivity index (χ4n) is 2.49. The van der Waals surface area contributed by atoms with Crippen molar-refractivity contribution in [2.45, 2.75) is 13.3 Å². The SMILES string of the molecule is CCN(CCO)C(=O)NCCc1cccc(-c2ccccc2)c1. The number of amides is 2. The Morgan fingerprint density at radius 1 is 1.09 bits per heavy atom. The van der Waals surface area contributed by atoms with Crippen LogP contribution in [0.25, 0.3) is 11.1 Å². The molecule has 0 fully saturated rings. The van der Waals surface area contributed by atoms with Gasteiger partial charge < -0.3 is 15.3 Å². The average molecular weight is 312 g/mol. The highest BCUT2D eigenvalue weighted by atomic mass is 16.3. The van der Waals surface area contributed by atoms with Crippen LogP contribution in [-0.4, -0.2) is 42.3 Å². The number of urea groups is 1. The van der Waals surface area contributed by atoms with Gasteiger partial charge in [-0.2, -0.15) is 0 Å². The van der Waals surface area contributed by atoms with E-state index in [1.807, 2.05) is 31.2 Å². The van der Waals surface area contributed by atoms with Crippen LogP contribution in [0.5, 0.6) is 0 Å². The van der Waals surface area contributed by atoms with E-state index in [1.54, 1.807) is 4.90 Å². The fourth-order valence-corrected chi connectivity index (χ4v) is 2.49. The number of benzene rings is 2. The Morgan fingerprint density at radius 3 is 2.52 bits per heavy atom. The molecule has 0 aliphatic rings. The van der Waals surface area contributed by atoms with E-state index in [0.717, 1.165) is 6.42 Å². The Labute approximate surface area is 137 Å². The molecule has 2 aromatic carbocycles. The molecule has 0 aliphatic heterocycles. The molecule has 0 heterocycles. The van der Waals surface area contributed by atoms with Gasteiger partial charge in [-0.05, 0) is 30.0 Å². The molecule has 0 saturated heterocycles. The summed E-state index contributed by atoms with van der Waals surface area (Å²) in [4.78, 5) is 13.5. The predicted molar refractivity (Wildman–Crippen MR) is 93.3 cm³/mol. The zero-order chi connectivity index (χ0) is 16.5. The number of likely N-dealkylation sites (N-methyl/N-ethyl adjacent to an activating group) is 1. The molecule has 0 aliphatic carbocycles. The Morgan fingerprint density at radius 2 is 1.83 bits per heavy atom. The lowest BCUT2D eigenvalue weighted by Crippen LogP contribution is -2.42. The topological polar surface area (TPSA) is 52.6 Å². The number of nitrogens with one attached hydrogen (secondary N) is 1. The lowest BCUT2D eigenvalue weighted by molar-refractivity contribution is 0.180. The van der Waals surface area contributed by atoms with Crippen LogP contribution in [-0.2, 0) is 6.42 Å². The Hall–Kier alpha value is -2.33. The van der Waals surface area contributed by atoms with Crippen LogP contribution in [0, 0.1) is 0 Å². The summed E-state index contributed by atoms with van der Waals surface area (Å²) in [5, 5.41) is 11.8. The standard InChI is InChI=1S/C19H24N2O2/c1-2-21(13-14-22)19(23)20-12-11-16-7-6-10-18(15-16)17-8-4-3-5-9-17/h3-10,15,22H,2,11-14H2,1H3,(H,20,23). The van der Waals surface area contributed by atoms with E-state index in [1.165, 1.54) is 16.7 Å². The first-order chi connectivity index (χ1) is 11.2. The third-order valence-corrected chi connectivity index (χ3v) is 3.76. The van der Waals surface area contributed by atoms with Gasteiger partial charge in [0.2, 0.25) is 0 Å². The predicted octanol–water partition coefficient (Wildman–Crippen LogP) is 2.92. The lowest BCUT2D eigenvalue weighted by atomic mass is 10.0. The lowest BCUT2D eigenvalue weighted by Gasteiger charge is -2.20. The molecule has 0 unspecified atom stereocenters. The highest BCUT2D eigenvalue weighted by molar-refractivity contribution is 5.74. The maximum absolute atomic E-state index is 11.9. The normalized spacial score (nSPS) is 10.3. The van der Waals surface area contributed by atoms with E-state index in [2.05, 4.69) is 35.6 Å². The molecule has 0 radical (unpaired) electrons. The Bertz CT molecular complexity index is 614. The average Bonchev–Trinajstić information content (AvgIpc) is 2.60. The molecule has 4 nitrogen and oxygen atoms in total. The number of carbonyl (C=O) groups is 1. The summed E-state index contributed by atoms with van der Waals surface area (Å²) in [6, 6.07) is 18.5. The van der Waals surface area contributed by atoms with Crippen LogP contribution in [0.2, 0.25) is 0 Å². The van der Waals surface area contributed by atoms with E-state index < -0.39 is 0 Å². The minimum atomic E-state index is -0.124. The zero-order valence-electron chi connectivity index (χ0n) is 13.5. The maximum atomic E-state index is 11.9. The molecule has 0 atom stereocenters. The number of hydrogen-bond donors (Lipinski definition) is 2. The first-order valence-corrected chi connectivity index (χ1v) is 8.02. The first kappa shape index (κ1) is 17.0. The van der Waals surface area contributed by atoms with Gasteiger partial charge in [0.15, 0.2) is 0 Å². The van der Waals surface area contributed by atoms with Crippen LogP contribution in [0.4, 0.5) is 4.79 Å². The summed E-state index contributed by atoms with van der Waals surface area (Å²) in [5.74, 6) is 0. The molecule has 0 bridgehead atoms. The smallest absolute Gasteiger partial charge is 0.317 e. The summed E-state index contributed by atoms with van der Waals surface area (Å²) in [6.45, 7) is 3.43. The fraction of sp³-hybridized carbons (Fsp3) is 0.316. The summed E-state index contributed by atoms with van der Waals surface area (Å²) in [7, 11) is 0. The molecule has 0 spiro atoms. The van der Waals surface area contributed by atoms with Gasteiger partial charge in [0, 0.05) is 19.6 Å². The second kappa shape index (κ2) is 8.96. The molecule has 4 heteroatoms. The van der Waals surface area contributed by atoms with Gasteiger partial charge in [-0.25, -0.2) is 4.79 Å². The van der Waals surface area contributed by atoms with Gasteiger partial charge in [-0.3, -0.25) is 0 Å². The van der Waals surface area contributed by atoms with Gasteiger partial charge in [-0.15, -0.1) is 0 Å². The highest BCUT2D eigenvalue weighted by Gasteiger charge is 2.09. The van der Waals surface area contributed by atoms with Crippen molar-refractivity contribution in [2.24, 2.45) is 0 Å². The number of aliphatic hydroxyl groups excluding tert-OH is 1. The second-order valence-corrected chi connectivity index (χ2v) is 5.35. The van der Waals surface area contributed by atoms with E-state index in [9.17, 15) is 4.79 Å². The first-order valence-electron chi connectivity index (χ1n) is 8.02. The Balaban J connectivity index is 1.90. The van der Waals surface area contributed by atoms with Crippen LogP contribution >= 0.6 is 0 Å². The van der Waals surface area contributed by atoms with Crippen molar-refractivity contribution in [2.75, 3.05) is 26.2 Å². The third kappa shape index (κ3) is 5.11. The minimum Gasteiger partial charge on any atom is -0.395 e. The molecule has 2 aromatic rings. The molecule has 2 amide bonds. The number of hydrogen-bond acceptors (Lipinski definition) is 2. The van der Waals surface area contributed by atoms with Gasteiger partial charge in [0.25, 0.3) is 0 Å². The van der Waals surface area contributed by atoms with E-state index in [4.69, 9.17) is 5.11 Å².